The maximum absolute atomic E-state index is 14.5. The highest BCUT2D eigenvalue weighted by atomic mass is 19.1. The first-order valence-electron chi connectivity index (χ1n) is 5.93. The predicted molar refractivity (Wildman–Crippen MR) is 65.2 cm³/mol. The maximum atomic E-state index is 14.5. The molecule has 0 spiro atoms. The first kappa shape index (κ1) is 11.6. The average molecular weight is 221 g/mol. The highest BCUT2D eigenvalue weighted by Crippen LogP contribution is 2.32. The summed E-state index contributed by atoms with van der Waals surface area (Å²) in [4.78, 5) is 0. The van der Waals surface area contributed by atoms with Crippen LogP contribution in [0, 0.1) is 12.7 Å². The number of hydrogen-bond donors (Lipinski definition) is 1. The molecule has 0 bridgehead atoms. The molecule has 1 N–H and O–H groups in total. The standard InChI is InChI=1S/C14H20FN/c1-9-7-10-5-6-16-8-11(10)13(15)12(9)14(2,3)4/h7,16H,5-6,8H2,1-4H3. The fourth-order valence-corrected chi connectivity index (χ4v) is 2.66. The van der Waals surface area contributed by atoms with Gasteiger partial charge < -0.3 is 5.32 Å². The summed E-state index contributed by atoms with van der Waals surface area (Å²) >= 11 is 0. The number of rotatable bonds is 0. The lowest BCUT2D eigenvalue weighted by Crippen LogP contribution is -2.27. The summed E-state index contributed by atoms with van der Waals surface area (Å²) < 4.78 is 14.5. The van der Waals surface area contributed by atoms with Crippen LogP contribution in [0.5, 0.6) is 0 Å². The van der Waals surface area contributed by atoms with Crippen LogP contribution in [0.3, 0.4) is 0 Å². The molecule has 1 aliphatic heterocycles. The van der Waals surface area contributed by atoms with Crippen molar-refractivity contribution in [3.63, 3.8) is 0 Å². The van der Waals surface area contributed by atoms with Crippen molar-refractivity contribution in [2.75, 3.05) is 6.54 Å². The van der Waals surface area contributed by atoms with E-state index in [9.17, 15) is 4.39 Å². The molecule has 0 unspecified atom stereocenters. The second kappa shape index (κ2) is 3.85. The van der Waals surface area contributed by atoms with Gasteiger partial charge in [-0.05, 0) is 42.0 Å². The average Bonchev–Trinajstić information content (AvgIpc) is 2.15. The van der Waals surface area contributed by atoms with E-state index in [0.717, 1.165) is 29.7 Å². The minimum Gasteiger partial charge on any atom is -0.312 e. The molecule has 0 fully saturated rings. The molecule has 0 amide bonds. The number of benzene rings is 1. The van der Waals surface area contributed by atoms with Crippen molar-refractivity contribution in [1.29, 1.82) is 0 Å². The van der Waals surface area contributed by atoms with Crippen LogP contribution in [0.4, 0.5) is 4.39 Å². The number of aryl methyl sites for hydroxylation is 1. The minimum atomic E-state index is -0.124. The zero-order valence-corrected chi connectivity index (χ0v) is 10.6. The van der Waals surface area contributed by atoms with Crippen LogP contribution in [0.1, 0.15) is 43.0 Å². The van der Waals surface area contributed by atoms with Crippen molar-refractivity contribution in [3.8, 4) is 0 Å². The topological polar surface area (TPSA) is 12.0 Å². The van der Waals surface area contributed by atoms with Gasteiger partial charge in [-0.25, -0.2) is 4.39 Å². The predicted octanol–water partition coefficient (Wildman–Crippen LogP) is 3.08. The molecule has 0 atom stereocenters. The lowest BCUT2D eigenvalue weighted by Gasteiger charge is -2.27. The van der Waals surface area contributed by atoms with E-state index in [1.165, 1.54) is 5.56 Å². The van der Waals surface area contributed by atoms with Crippen LogP contribution < -0.4 is 5.32 Å². The lowest BCUT2D eigenvalue weighted by molar-refractivity contribution is 0.496. The van der Waals surface area contributed by atoms with Gasteiger partial charge in [-0.3, -0.25) is 0 Å². The SMILES string of the molecule is Cc1cc2c(c(F)c1C(C)(C)C)CNCC2. The van der Waals surface area contributed by atoms with E-state index >= 15 is 0 Å². The Kier molecular flexibility index (Phi) is 2.79. The van der Waals surface area contributed by atoms with Gasteiger partial charge in [0.1, 0.15) is 5.82 Å². The molecule has 0 saturated carbocycles. The zero-order valence-electron chi connectivity index (χ0n) is 10.6. The second-order valence-electron chi connectivity index (χ2n) is 5.70. The largest absolute Gasteiger partial charge is 0.312 e. The van der Waals surface area contributed by atoms with Crippen LogP contribution in [-0.4, -0.2) is 6.54 Å². The van der Waals surface area contributed by atoms with Crippen LogP contribution >= 0.6 is 0 Å². The van der Waals surface area contributed by atoms with E-state index in [1.54, 1.807) is 0 Å². The quantitative estimate of drug-likeness (QED) is 0.710. The first-order valence-corrected chi connectivity index (χ1v) is 5.93. The first-order chi connectivity index (χ1) is 7.41. The Labute approximate surface area is 97.1 Å². The Morgan fingerprint density at radius 3 is 2.62 bits per heavy atom. The molecule has 1 aliphatic rings. The smallest absolute Gasteiger partial charge is 0.131 e. The second-order valence-corrected chi connectivity index (χ2v) is 5.70. The molecule has 2 heteroatoms. The molecular formula is C14H20FN. The van der Waals surface area contributed by atoms with Gasteiger partial charge in [-0.15, -0.1) is 0 Å². The fraction of sp³-hybridized carbons (Fsp3) is 0.571. The molecule has 1 aromatic carbocycles. The number of halogens is 1. The Balaban J connectivity index is 2.63. The van der Waals surface area contributed by atoms with Crippen LogP contribution in [0.25, 0.3) is 0 Å². The summed E-state index contributed by atoms with van der Waals surface area (Å²) in [6.45, 7) is 9.86. The van der Waals surface area contributed by atoms with Crippen molar-refractivity contribution in [2.24, 2.45) is 0 Å². The monoisotopic (exact) mass is 221 g/mol. The number of fused-ring (bicyclic) bond motifs is 1. The van der Waals surface area contributed by atoms with Crippen molar-refractivity contribution in [1.82, 2.24) is 5.32 Å². The normalized spacial score (nSPS) is 16.1. The van der Waals surface area contributed by atoms with Crippen molar-refractivity contribution in [2.45, 2.75) is 46.1 Å². The van der Waals surface area contributed by atoms with Gasteiger partial charge in [0.15, 0.2) is 0 Å². The lowest BCUT2D eigenvalue weighted by atomic mass is 9.80. The highest BCUT2D eigenvalue weighted by molar-refractivity contribution is 5.43. The fourth-order valence-electron chi connectivity index (χ4n) is 2.66. The third-order valence-electron chi connectivity index (χ3n) is 3.28. The molecule has 0 aliphatic carbocycles. The van der Waals surface area contributed by atoms with Crippen LogP contribution in [0.2, 0.25) is 0 Å². The van der Waals surface area contributed by atoms with Gasteiger partial charge in [0.2, 0.25) is 0 Å². The molecular weight excluding hydrogens is 201 g/mol. The molecule has 0 saturated heterocycles. The molecule has 16 heavy (non-hydrogen) atoms. The summed E-state index contributed by atoms with van der Waals surface area (Å²) in [6, 6.07) is 2.17. The Morgan fingerprint density at radius 1 is 1.31 bits per heavy atom. The highest BCUT2D eigenvalue weighted by Gasteiger charge is 2.25. The van der Waals surface area contributed by atoms with Crippen LogP contribution in [-0.2, 0) is 18.4 Å². The summed E-state index contributed by atoms with van der Waals surface area (Å²) in [5.74, 6) is 0.00898. The van der Waals surface area contributed by atoms with Gasteiger partial charge in [0, 0.05) is 12.1 Å². The van der Waals surface area contributed by atoms with Gasteiger partial charge >= 0.3 is 0 Å². The van der Waals surface area contributed by atoms with Crippen molar-refractivity contribution in [3.05, 3.63) is 34.1 Å². The van der Waals surface area contributed by atoms with E-state index in [4.69, 9.17) is 0 Å². The van der Waals surface area contributed by atoms with Crippen LogP contribution in [0.15, 0.2) is 6.07 Å². The molecule has 0 radical (unpaired) electrons. The molecule has 1 nitrogen and oxygen atoms in total. The maximum Gasteiger partial charge on any atom is 0.131 e. The third-order valence-corrected chi connectivity index (χ3v) is 3.28. The Bertz CT molecular complexity index is 416. The summed E-state index contributed by atoms with van der Waals surface area (Å²) in [5.41, 5.74) is 3.89. The summed E-state index contributed by atoms with van der Waals surface area (Å²) in [7, 11) is 0. The molecule has 88 valence electrons. The van der Waals surface area contributed by atoms with E-state index < -0.39 is 0 Å². The van der Waals surface area contributed by atoms with E-state index in [1.807, 2.05) is 6.92 Å². The van der Waals surface area contributed by atoms with E-state index in [0.29, 0.717) is 6.54 Å². The van der Waals surface area contributed by atoms with Crippen molar-refractivity contribution < 1.29 is 4.39 Å². The van der Waals surface area contributed by atoms with Gasteiger partial charge in [0.05, 0.1) is 0 Å². The summed E-state index contributed by atoms with van der Waals surface area (Å²) in [5, 5.41) is 3.24. The summed E-state index contributed by atoms with van der Waals surface area (Å²) in [6.07, 6.45) is 0.942. The van der Waals surface area contributed by atoms with Gasteiger partial charge in [0.25, 0.3) is 0 Å². The molecule has 0 aromatic heterocycles. The van der Waals surface area contributed by atoms with E-state index in [2.05, 4.69) is 32.2 Å². The number of nitrogens with one attached hydrogen (secondary N) is 1. The third kappa shape index (κ3) is 1.86. The van der Waals surface area contributed by atoms with Gasteiger partial charge in [-0.2, -0.15) is 0 Å². The van der Waals surface area contributed by atoms with E-state index in [-0.39, 0.29) is 11.2 Å². The van der Waals surface area contributed by atoms with Crippen molar-refractivity contribution >= 4 is 0 Å². The number of hydrogen-bond acceptors (Lipinski definition) is 1. The Hall–Kier alpha value is -0.890. The molecule has 1 aromatic rings. The minimum absolute atomic E-state index is 0.00898. The van der Waals surface area contributed by atoms with Gasteiger partial charge in [-0.1, -0.05) is 26.8 Å². The molecule has 2 rings (SSSR count). The zero-order chi connectivity index (χ0) is 11.9. The molecule has 1 heterocycles. The Morgan fingerprint density at radius 2 is 2.00 bits per heavy atom.